The Labute approximate surface area is 95.7 Å². The Hall–Kier alpha value is -0.860. The molecule has 0 amide bonds. The van der Waals surface area contributed by atoms with Crippen molar-refractivity contribution in [1.29, 1.82) is 0 Å². The molecule has 0 aliphatic heterocycles. The minimum atomic E-state index is 0.925. The Morgan fingerprint density at radius 1 is 1.36 bits per heavy atom. The van der Waals surface area contributed by atoms with Crippen LogP contribution in [0.25, 0.3) is 20.6 Å². The summed E-state index contributed by atoms with van der Waals surface area (Å²) in [5, 5.41) is 1.25. The molecule has 1 aromatic carbocycles. The number of fused-ring (bicyclic) bond motifs is 1. The van der Waals surface area contributed by atoms with E-state index in [1.807, 2.05) is 18.2 Å². The molecule has 0 fully saturated rings. The van der Waals surface area contributed by atoms with Gasteiger partial charge in [-0.2, -0.15) is 0 Å². The van der Waals surface area contributed by atoms with Gasteiger partial charge in [0.1, 0.15) is 0 Å². The molecule has 2 rings (SSSR count). The number of benzene rings is 1. The minimum absolute atomic E-state index is 0.925. The first-order valence-electron chi connectivity index (χ1n) is 4.23. The maximum atomic E-state index is 3.91. The highest BCUT2D eigenvalue weighted by Gasteiger charge is 2.09. The predicted molar refractivity (Wildman–Crippen MR) is 69.9 cm³/mol. The highest BCUT2D eigenvalue weighted by Crippen LogP contribution is 2.37. The molecule has 0 unspecified atom stereocenters. The van der Waals surface area contributed by atoms with Gasteiger partial charge in [0.2, 0.25) is 0 Å². The van der Waals surface area contributed by atoms with Gasteiger partial charge in [-0.25, -0.2) is 0 Å². The lowest BCUT2D eigenvalue weighted by Crippen LogP contribution is -1.72. The van der Waals surface area contributed by atoms with Crippen molar-refractivity contribution in [1.82, 2.24) is 0 Å². The molecule has 70 valence electrons. The fraction of sp³-hybridized carbons (Fsp3) is 0. The molecular formula is C12H9BrS. The summed E-state index contributed by atoms with van der Waals surface area (Å²) in [5.74, 6) is 0. The maximum absolute atomic E-state index is 3.91. The second-order valence-corrected chi connectivity index (χ2v) is 4.96. The van der Waals surface area contributed by atoms with E-state index in [0.717, 1.165) is 4.48 Å². The van der Waals surface area contributed by atoms with E-state index in [-0.39, 0.29) is 0 Å². The third-order valence-corrected chi connectivity index (χ3v) is 3.99. The molecule has 0 nitrogen and oxygen atoms in total. The molecule has 0 aliphatic rings. The average Bonchev–Trinajstić information content (AvgIpc) is 2.56. The Kier molecular flexibility index (Phi) is 2.57. The van der Waals surface area contributed by atoms with Crippen molar-refractivity contribution in [2.75, 3.05) is 0 Å². The standard InChI is InChI=1S/C12H9BrS/c1-3-9-10-6-4-5-7-11(10)14-12(9)8(2)13/h3-7H,1-2H2. The number of halogens is 1. The molecule has 0 bridgehead atoms. The average molecular weight is 265 g/mol. The van der Waals surface area contributed by atoms with Crippen LogP contribution >= 0.6 is 27.3 Å². The van der Waals surface area contributed by atoms with E-state index >= 15 is 0 Å². The van der Waals surface area contributed by atoms with Gasteiger partial charge in [0.05, 0.1) is 0 Å². The maximum Gasteiger partial charge on any atom is 0.0491 e. The van der Waals surface area contributed by atoms with Crippen molar-refractivity contribution in [3.05, 3.63) is 47.9 Å². The van der Waals surface area contributed by atoms with Gasteiger partial charge in [-0.1, -0.05) is 37.4 Å². The Morgan fingerprint density at radius 2 is 2.07 bits per heavy atom. The largest absolute Gasteiger partial charge is 0.134 e. The molecule has 1 aromatic heterocycles. The summed E-state index contributed by atoms with van der Waals surface area (Å²) in [7, 11) is 0. The molecule has 0 N–H and O–H groups in total. The number of hydrogen-bond donors (Lipinski definition) is 0. The summed E-state index contributed by atoms with van der Waals surface area (Å²) in [6.07, 6.45) is 1.89. The van der Waals surface area contributed by atoms with Crippen LogP contribution in [0.4, 0.5) is 0 Å². The lowest BCUT2D eigenvalue weighted by Gasteiger charge is -1.94. The highest BCUT2D eigenvalue weighted by atomic mass is 79.9. The molecule has 0 spiro atoms. The van der Waals surface area contributed by atoms with Crippen LogP contribution in [-0.2, 0) is 0 Å². The van der Waals surface area contributed by atoms with Gasteiger partial charge < -0.3 is 0 Å². The summed E-state index contributed by atoms with van der Waals surface area (Å²) in [6.45, 7) is 7.75. The number of thiophene rings is 1. The normalized spacial score (nSPS) is 10.4. The van der Waals surface area contributed by atoms with E-state index in [1.165, 1.54) is 20.5 Å². The van der Waals surface area contributed by atoms with E-state index in [4.69, 9.17) is 0 Å². The minimum Gasteiger partial charge on any atom is -0.134 e. The monoisotopic (exact) mass is 264 g/mol. The molecule has 2 heteroatoms. The van der Waals surface area contributed by atoms with Gasteiger partial charge in [-0.05, 0) is 22.0 Å². The van der Waals surface area contributed by atoms with Gasteiger partial charge in [-0.3, -0.25) is 0 Å². The molecule has 0 aliphatic carbocycles. The number of hydrogen-bond acceptors (Lipinski definition) is 1. The summed E-state index contributed by atoms with van der Waals surface area (Å²) in [5.41, 5.74) is 1.17. The van der Waals surface area contributed by atoms with Gasteiger partial charge in [-0.15, -0.1) is 11.3 Å². The van der Waals surface area contributed by atoms with Crippen molar-refractivity contribution in [2.45, 2.75) is 0 Å². The molecule has 0 atom stereocenters. The zero-order chi connectivity index (χ0) is 10.1. The summed E-state index contributed by atoms with van der Waals surface area (Å²) in [4.78, 5) is 1.17. The first kappa shape index (κ1) is 9.69. The summed E-state index contributed by atoms with van der Waals surface area (Å²) >= 11 is 5.16. The third-order valence-electron chi connectivity index (χ3n) is 2.08. The summed E-state index contributed by atoms with van der Waals surface area (Å²) in [6, 6.07) is 8.32. The van der Waals surface area contributed by atoms with E-state index < -0.39 is 0 Å². The zero-order valence-electron chi connectivity index (χ0n) is 7.59. The van der Waals surface area contributed by atoms with Gasteiger partial charge in [0, 0.05) is 25.0 Å². The third kappa shape index (κ3) is 1.45. The molecule has 14 heavy (non-hydrogen) atoms. The van der Waals surface area contributed by atoms with Crippen LogP contribution in [0.5, 0.6) is 0 Å². The van der Waals surface area contributed by atoms with Crippen LogP contribution in [0, 0.1) is 0 Å². The molecule has 1 heterocycles. The predicted octanol–water partition coefficient (Wildman–Crippen LogP) is 4.91. The second kappa shape index (κ2) is 3.71. The summed E-state index contributed by atoms with van der Waals surface area (Å²) < 4.78 is 2.20. The molecule has 0 radical (unpaired) electrons. The van der Waals surface area contributed by atoms with E-state index in [1.54, 1.807) is 11.3 Å². The van der Waals surface area contributed by atoms with Crippen LogP contribution < -0.4 is 0 Å². The first-order chi connectivity index (χ1) is 6.74. The lowest BCUT2D eigenvalue weighted by atomic mass is 10.1. The second-order valence-electron chi connectivity index (χ2n) is 2.95. The van der Waals surface area contributed by atoms with E-state index in [2.05, 4.69) is 41.2 Å². The molecule has 0 saturated heterocycles. The van der Waals surface area contributed by atoms with E-state index in [9.17, 15) is 0 Å². The van der Waals surface area contributed by atoms with Crippen molar-refractivity contribution in [2.24, 2.45) is 0 Å². The quantitative estimate of drug-likeness (QED) is 0.723. The van der Waals surface area contributed by atoms with Crippen LogP contribution in [0.3, 0.4) is 0 Å². The van der Waals surface area contributed by atoms with Crippen LogP contribution in [-0.4, -0.2) is 0 Å². The Bertz CT molecular complexity index is 508. The fourth-order valence-electron chi connectivity index (χ4n) is 1.47. The van der Waals surface area contributed by atoms with Gasteiger partial charge in [0.25, 0.3) is 0 Å². The number of rotatable bonds is 2. The molecule has 0 saturated carbocycles. The Morgan fingerprint density at radius 3 is 2.71 bits per heavy atom. The van der Waals surface area contributed by atoms with Crippen LogP contribution in [0.1, 0.15) is 10.4 Å². The molecular weight excluding hydrogens is 256 g/mol. The van der Waals surface area contributed by atoms with Crippen LogP contribution in [0.2, 0.25) is 0 Å². The fourth-order valence-corrected chi connectivity index (χ4v) is 2.99. The lowest BCUT2D eigenvalue weighted by molar-refractivity contribution is 1.82. The van der Waals surface area contributed by atoms with Crippen molar-refractivity contribution >= 4 is 47.9 Å². The van der Waals surface area contributed by atoms with Gasteiger partial charge in [0.15, 0.2) is 0 Å². The van der Waals surface area contributed by atoms with Crippen LogP contribution in [0.15, 0.2) is 37.4 Å². The van der Waals surface area contributed by atoms with Crippen molar-refractivity contribution in [3.8, 4) is 0 Å². The molecule has 2 aromatic rings. The van der Waals surface area contributed by atoms with Gasteiger partial charge >= 0.3 is 0 Å². The zero-order valence-corrected chi connectivity index (χ0v) is 9.99. The topological polar surface area (TPSA) is 0 Å². The highest BCUT2D eigenvalue weighted by molar-refractivity contribution is 9.15. The van der Waals surface area contributed by atoms with Crippen molar-refractivity contribution in [3.63, 3.8) is 0 Å². The SMILES string of the molecule is C=Cc1c(C(=C)Br)sc2ccccc12. The first-order valence-corrected chi connectivity index (χ1v) is 5.83. The van der Waals surface area contributed by atoms with E-state index in [0.29, 0.717) is 0 Å². The van der Waals surface area contributed by atoms with Crippen molar-refractivity contribution < 1.29 is 0 Å². The smallest absolute Gasteiger partial charge is 0.0491 e. The Balaban J connectivity index is 2.85.